The molecule has 88 valence electrons. The van der Waals surface area contributed by atoms with Crippen molar-refractivity contribution in [3.63, 3.8) is 0 Å². The number of nitrogens with zero attached hydrogens (tertiary/aromatic N) is 1. The van der Waals surface area contributed by atoms with Gasteiger partial charge in [0.05, 0.1) is 10.9 Å². The minimum absolute atomic E-state index is 0.120. The Hall–Kier alpha value is -1.09. The molecule has 0 atom stereocenters. The molecule has 0 saturated heterocycles. The first-order chi connectivity index (χ1) is 7.50. The van der Waals surface area contributed by atoms with E-state index >= 15 is 0 Å². The van der Waals surface area contributed by atoms with Crippen molar-refractivity contribution in [1.29, 1.82) is 0 Å². The summed E-state index contributed by atoms with van der Waals surface area (Å²) in [6, 6.07) is 4.89. The van der Waals surface area contributed by atoms with Gasteiger partial charge in [-0.25, -0.2) is 4.39 Å². The minimum atomic E-state index is -0.410. The van der Waals surface area contributed by atoms with E-state index in [2.05, 4.69) is 18.8 Å². The van der Waals surface area contributed by atoms with Gasteiger partial charge in [-0.3, -0.25) is 4.99 Å². The van der Waals surface area contributed by atoms with Crippen molar-refractivity contribution in [2.45, 2.75) is 20.3 Å². The lowest BCUT2D eigenvalue weighted by atomic mass is 10.1. The molecule has 0 spiro atoms. The van der Waals surface area contributed by atoms with Crippen molar-refractivity contribution in [3.05, 3.63) is 34.6 Å². The Kier molecular flexibility index (Phi) is 4.74. The van der Waals surface area contributed by atoms with Crippen molar-refractivity contribution in [2.24, 2.45) is 16.6 Å². The largest absolute Gasteiger partial charge is 0.387 e. The van der Waals surface area contributed by atoms with Gasteiger partial charge in [0.25, 0.3) is 0 Å². The molecule has 0 bridgehead atoms. The molecule has 4 heteroatoms. The van der Waals surface area contributed by atoms with E-state index < -0.39 is 5.82 Å². The van der Waals surface area contributed by atoms with Crippen LogP contribution in [0, 0.1) is 11.7 Å². The van der Waals surface area contributed by atoms with E-state index in [4.69, 9.17) is 17.3 Å². The summed E-state index contributed by atoms with van der Waals surface area (Å²) >= 11 is 5.67. The summed E-state index contributed by atoms with van der Waals surface area (Å²) in [6.07, 6.45) is 0.305. The number of aliphatic imine (C=N–C) groups is 1. The third kappa shape index (κ3) is 3.81. The summed E-state index contributed by atoms with van der Waals surface area (Å²) in [5.74, 6) is 0.476. The second-order valence-corrected chi connectivity index (χ2v) is 4.52. The molecule has 0 radical (unpaired) electrons. The lowest BCUT2D eigenvalue weighted by Gasteiger charge is -2.05. The maximum atomic E-state index is 13.5. The Morgan fingerprint density at radius 3 is 2.81 bits per heavy atom. The number of rotatable bonds is 4. The Morgan fingerprint density at radius 2 is 2.19 bits per heavy atom. The standard InChI is InChI=1S/C12H16ClFN2/c1-8(2)7-16-11(15)6-9-4-3-5-10(13)12(9)14/h3-5,8H,6-7H2,1-2H3,(H2,15,16). The van der Waals surface area contributed by atoms with Gasteiger partial charge in [0.1, 0.15) is 5.82 Å². The quantitative estimate of drug-likeness (QED) is 0.640. The fraction of sp³-hybridized carbons (Fsp3) is 0.417. The van der Waals surface area contributed by atoms with Gasteiger partial charge in [0, 0.05) is 13.0 Å². The Morgan fingerprint density at radius 1 is 1.50 bits per heavy atom. The third-order valence-corrected chi connectivity index (χ3v) is 2.35. The van der Waals surface area contributed by atoms with Gasteiger partial charge in [-0.2, -0.15) is 0 Å². The summed E-state index contributed by atoms with van der Waals surface area (Å²) in [5.41, 5.74) is 6.20. The average molecular weight is 243 g/mol. The molecule has 0 fully saturated rings. The highest BCUT2D eigenvalue weighted by molar-refractivity contribution is 6.30. The fourth-order valence-electron chi connectivity index (χ4n) is 1.24. The van der Waals surface area contributed by atoms with Crippen molar-refractivity contribution in [3.8, 4) is 0 Å². The van der Waals surface area contributed by atoms with Gasteiger partial charge >= 0.3 is 0 Å². The van der Waals surface area contributed by atoms with Crippen molar-refractivity contribution >= 4 is 17.4 Å². The molecule has 16 heavy (non-hydrogen) atoms. The van der Waals surface area contributed by atoms with Crippen LogP contribution in [-0.4, -0.2) is 12.4 Å². The molecule has 1 aromatic rings. The molecule has 0 heterocycles. The van der Waals surface area contributed by atoms with E-state index in [0.717, 1.165) is 0 Å². The molecule has 1 aromatic carbocycles. The topological polar surface area (TPSA) is 38.4 Å². The highest BCUT2D eigenvalue weighted by Gasteiger charge is 2.07. The Bertz CT molecular complexity index is 389. The van der Waals surface area contributed by atoms with Crippen molar-refractivity contribution in [1.82, 2.24) is 0 Å². The zero-order valence-corrected chi connectivity index (χ0v) is 10.3. The molecule has 2 nitrogen and oxygen atoms in total. The predicted octanol–water partition coefficient (Wildman–Crippen LogP) is 3.03. The molecule has 2 N–H and O–H groups in total. The molecule has 0 unspecified atom stereocenters. The second kappa shape index (κ2) is 5.85. The smallest absolute Gasteiger partial charge is 0.145 e. The second-order valence-electron chi connectivity index (χ2n) is 4.12. The van der Waals surface area contributed by atoms with Gasteiger partial charge in [0.15, 0.2) is 0 Å². The van der Waals surface area contributed by atoms with E-state index in [1.165, 1.54) is 6.07 Å². The summed E-state index contributed by atoms with van der Waals surface area (Å²) in [7, 11) is 0. The van der Waals surface area contributed by atoms with Crippen LogP contribution in [0.25, 0.3) is 0 Å². The summed E-state index contributed by atoms with van der Waals surface area (Å²) in [5, 5.41) is 0.120. The van der Waals surface area contributed by atoms with Gasteiger partial charge in [0.2, 0.25) is 0 Å². The molecule has 0 aliphatic carbocycles. The van der Waals surface area contributed by atoms with E-state index in [1.807, 2.05) is 0 Å². The summed E-state index contributed by atoms with van der Waals surface area (Å²) in [4.78, 5) is 4.17. The predicted molar refractivity (Wildman–Crippen MR) is 66.4 cm³/mol. The van der Waals surface area contributed by atoms with Crippen LogP contribution in [-0.2, 0) is 6.42 Å². The molecule has 0 aliphatic rings. The molecule has 0 aromatic heterocycles. The fourth-order valence-corrected chi connectivity index (χ4v) is 1.43. The zero-order valence-electron chi connectivity index (χ0n) is 9.50. The van der Waals surface area contributed by atoms with Crippen LogP contribution in [0.4, 0.5) is 4.39 Å². The molecular formula is C12H16ClFN2. The van der Waals surface area contributed by atoms with E-state index in [0.29, 0.717) is 30.3 Å². The lowest BCUT2D eigenvalue weighted by Crippen LogP contribution is -2.17. The molecule has 1 rings (SSSR count). The lowest BCUT2D eigenvalue weighted by molar-refractivity contribution is 0.615. The van der Waals surface area contributed by atoms with Crippen molar-refractivity contribution < 1.29 is 4.39 Å². The highest BCUT2D eigenvalue weighted by atomic mass is 35.5. The zero-order chi connectivity index (χ0) is 12.1. The van der Waals surface area contributed by atoms with Crippen LogP contribution in [0.1, 0.15) is 19.4 Å². The number of halogens is 2. The molecule has 0 aliphatic heterocycles. The first-order valence-corrected chi connectivity index (χ1v) is 5.60. The number of hydrogen-bond donors (Lipinski definition) is 1. The van der Waals surface area contributed by atoms with Crippen LogP contribution in [0.15, 0.2) is 23.2 Å². The van der Waals surface area contributed by atoms with Gasteiger partial charge in [-0.15, -0.1) is 0 Å². The van der Waals surface area contributed by atoms with Crippen molar-refractivity contribution in [2.75, 3.05) is 6.54 Å². The minimum Gasteiger partial charge on any atom is -0.387 e. The molecule has 0 amide bonds. The van der Waals surface area contributed by atoms with E-state index in [1.54, 1.807) is 12.1 Å². The van der Waals surface area contributed by atoms with Gasteiger partial charge < -0.3 is 5.73 Å². The summed E-state index contributed by atoms with van der Waals surface area (Å²) < 4.78 is 13.5. The normalized spacial score (nSPS) is 12.2. The Balaban J connectivity index is 2.73. The number of hydrogen-bond acceptors (Lipinski definition) is 1. The summed E-state index contributed by atoms with van der Waals surface area (Å²) in [6.45, 7) is 4.77. The average Bonchev–Trinajstić information content (AvgIpc) is 2.22. The van der Waals surface area contributed by atoms with Crippen LogP contribution in [0.2, 0.25) is 5.02 Å². The van der Waals surface area contributed by atoms with E-state index in [9.17, 15) is 4.39 Å². The van der Waals surface area contributed by atoms with Gasteiger partial charge in [-0.05, 0) is 17.5 Å². The van der Waals surface area contributed by atoms with Crippen LogP contribution in [0.5, 0.6) is 0 Å². The number of amidine groups is 1. The number of benzene rings is 1. The molecule has 0 saturated carbocycles. The van der Waals surface area contributed by atoms with Crippen LogP contribution >= 0.6 is 11.6 Å². The van der Waals surface area contributed by atoms with E-state index in [-0.39, 0.29) is 5.02 Å². The number of nitrogens with two attached hydrogens (primary N) is 1. The maximum absolute atomic E-state index is 13.5. The monoisotopic (exact) mass is 242 g/mol. The maximum Gasteiger partial charge on any atom is 0.145 e. The van der Waals surface area contributed by atoms with Crippen LogP contribution < -0.4 is 5.73 Å². The first-order valence-electron chi connectivity index (χ1n) is 5.22. The third-order valence-electron chi connectivity index (χ3n) is 2.06. The SMILES string of the molecule is CC(C)CN=C(N)Cc1cccc(Cl)c1F. The van der Waals surface area contributed by atoms with Crippen LogP contribution in [0.3, 0.4) is 0 Å². The molecular weight excluding hydrogens is 227 g/mol. The highest BCUT2D eigenvalue weighted by Crippen LogP contribution is 2.18. The first kappa shape index (κ1) is 13.0. The Labute approximate surface area is 100 Å². The van der Waals surface area contributed by atoms with Gasteiger partial charge in [-0.1, -0.05) is 37.6 Å².